The molecule has 1 aromatic rings. The summed E-state index contributed by atoms with van der Waals surface area (Å²) in [6, 6.07) is 5.14. The average molecular weight is 257 g/mol. The summed E-state index contributed by atoms with van der Waals surface area (Å²) >= 11 is 5.92. The van der Waals surface area contributed by atoms with E-state index in [1.165, 1.54) is 0 Å². The van der Waals surface area contributed by atoms with Crippen molar-refractivity contribution in [1.82, 2.24) is 10.6 Å². The highest BCUT2D eigenvalue weighted by molar-refractivity contribution is 6.30. The highest BCUT2D eigenvalue weighted by Gasteiger charge is 2.11. The summed E-state index contributed by atoms with van der Waals surface area (Å²) in [5.74, 6) is 0.706. The highest BCUT2D eigenvalue weighted by atomic mass is 35.5. The predicted octanol–water partition coefficient (Wildman–Crippen LogP) is 1.57. The number of likely N-dealkylation sites (N-methyl/N-ethyl adjacent to an activating group) is 1. The standard InChI is InChI=1S/C12H17ClN2O2/c1-8(12(16)14-2)15-7-9-6-10(13)4-5-11(9)17-3/h4-6,8,15H,7H2,1-3H3,(H,14,16). The Morgan fingerprint density at radius 1 is 1.53 bits per heavy atom. The van der Waals surface area contributed by atoms with Crippen molar-refractivity contribution in [2.75, 3.05) is 14.2 Å². The lowest BCUT2D eigenvalue weighted by molar-refractivity contribution is -0.122. The summed E-state index contributed by atoms with van der Waals surface area (Å²) in [6.07, 6.45) is 0. The molecule has 1 amide bonds. The molecule has 94 valence electrons. The van der Waals surface area contributed by atoms with Crippen molar-refractivity contribution >= 4 is 17.5 Å². The second-order valence-electron chi connectivity index (χ2n) is 3.67. The molecule has 1 unspecified atom stereocenters. The molecule has 0 saturated heterocycles. The Balaban J connectivity index is 2.68. The number of rotatable bonds is 5. The van der Waals surface area contributed by atoms with Gasteiger partial charge in [0.25, 0.3) is 0 Å². The molecule has 17 heavy (non-hydrogen) atoms. The molecule has 1 rings (SSSR count). The van der Waals surface area contributed by atoms with Crippen LogP contribution in [0.2, 0.25) is 5.02 Å². The minimum atomic E-state index is -0.260. The third kappa shape index (κ3) is 3.91. The average Bonchev–Trinajstić information content (AvgIpc) is 2.35. The zero-order valence-electron chi connectivity index (χ0n) is 10.2. The van der Waals surface area contributed by atoms with Crippen LogP contribution in [0.3, 0.4) is 0 Å². The number of halogens is 1. The number of amides is 1. The van der Waals surface area contributed by atoms with Crippen LogP contribution >= 0.6 is 11.6 Å². The number of benzene rings is 1. The van der Waals surface area contributed by atoms with Crippen molar-refractivity contribution in [2.24, 2.45) is 0 Å². The number of carbonyl (C=O) groups is 1. The van der Waals surface area contributed by atoms with Gasteiger partial charge in [-0.05, 0) is 25.1 Å². The molecule has 1 atom stereocenters. The van der Waals surface area contributed by atoms with Gasteiger partial charge in [-0.1, -0.05) is 11.6 Å². The molecule has 0 spiro atoms. The van der Waals surface area contributed by atoms with Crippen LogP contribution in [0.4, 0.5) is 0 Å². The van der Waals surface area contributed by atoms with E-state index in [4.69, 9.17) is 16.3 Å². The van der Waals surface area contributed by atoms with E-state index in [0.717, 1.165) is 11.3 Å². The number of hydrogen-bond donors (Lipinski definition) is 2. The molecule has 0 aliphatic carbocycles. The molecule has 2 N–H and O–H groups in total. The van der Waals surface area contributed by atoms with Crippen LogP contribution < -0.4 is 15.4 Å². The third-order valence-electron chi connectivity index (χ3n) is 2.48. The van der Waals surface area contributed by atoms with Crippen LogP contribution in [0.25, 0.3) is 0 Å². The summed E-state index contributed by atoms with van der Waals surface area (Å²) in [5, 5.41) is 6.33. The second kappa shape index (κ2) is 6.47. The molecule has 0 fully saturated rings. The molecule has 0 aliphatic rings. The van der Waals surface area contributed by atoms with Gasteiger partial charge in [0.05, 0.1) is 13.2 Å². The van der Waals surface area contributed by atoms with Crippen molar-refractivity contribution in [1.29, 1.82) is 0 Å². The number of hydrogen-bond acceptors (Lipinski definition) is 3. The van der Waals surface area contributed by atoms with Crippen LogP contribution in [-0.4, -0.2) is 26.1 Å². The first-order valence-electron chi connectivity index (χ1n) is 5.36. The maximum absolute atomic E-state index is 11.3. The van der Waals surface area contributed by atoms with Gasteiger partial charge in [-0.3, -0.25) is 4.79 Å². The Morgan fingerprint density at radius 3 is 2.82 bits per heavy atom. The Hall–Kier alpha value is -1.26. The normalized spacial score (nSPS) is 12.0. The molecule has 0 heterocycles. The summed E-state index contributed by atoms with van der Waals surface area (Å²) < 4.78 is 5.22. The van der Waals surface area contributed by atoms with E-state index in [9.17, 15) is 4.79 Å². The predicted molar refractivity (Wildman–Crippen MR) is 68.4 cm³/mol. The molecule has 4 nitrogen and oxygen atoms in total. The Kier molecular flexibility index (Phi) is 5.25. The van der Waals surface area contributed by atoms with Crippen molar-refractivity contribution in [2.45, 2.75) is 19.5 Å². The van der Waals surface area contributed by atoms with Crippen molar-refractivity contribution in [3.8, 4) is 5.75 Å². The lowest BCUT2D eigenvalue weighted by Gasteiger charge is -2.14. The first-order chi connectivity index (χ1) is 8.08. The van der Waals surface area contributed by atoms with E-state index < -0.39 is 0 Å². The number of nitrogens with one attached hydrogen (secondary N) is 2. The molecule has 5 heteroatoms. The minimum absolute atomic E-state index is 0.0500. The molecular formula is C12H17ClN2O2. The summed E-state index contributed by atoms with van der Waals surface area (Å²) in [5.41, 5.74) is 0.927. The zero-order valence-corrected chi connectivity index (χ0v) is 11.0. The van der Waals surface area contributed by atoms with Crippen LogP contribution in [0.1, 0.15) is 12.5 Å². The Morgan fingerprint density at radius 2 is 2.24 bits per heavy atom. The Bertz CT molecular complexity index is 396. The van der Waals surface area contributed by atoms with Crippen LogP contribution in [0, 0.1) is 0 Å². The highest BCUT2D eigenvalue weighted by Crippen LogP contribution is 2.22. The van der Waals surface area contributed by atoms with Gasteiger partial charge in [0.1, 0.15) is 5.75 Å². The smallest absolute Gasteiger partial charge is 0.236 e. The van der Waals surface area contributed by atoms with Crippen LogP contribution in [0.5, 0.6) is 5.75 Å². The number of ether oxygens (including phenoxy) is 1. The molecular weight excluding hydrogens is 240 g/mol. The van der Waals surface area contributed by atoms with Gasteiger partial charge in [0.15, 0.2) is 0 Å². The van der Waals surface area contributed by atoms with Gasteiger partial charge in [-0.15, -0.1) is 0 Å². The van der Waals surface area contributed by atoms with E-state index in [2.05, 4.69) is 10.6 Å². The molecule has 0 aliphatic heterocycles. The van der Waals surface area contributed by atoms with E-state index in [1.54, 1.807) is 27.1 Å². The van der Waals surface area contributed by atoms with Gasteiger partial charge in [0.2, 0.25) is 5.91 Å². The van der Waals surface area contributed by atoms with Gasteiger partial charge in [-0.2, -0.15) is 0 Å². The van der Waals surface area contributed by atoms with Gasteiger partial charge >= 0.3 is 0 Å². The van der Waals surface area contributed by atoms with Gasteiger partial charge in [0, 0.05) is 24.2 Å². The molecule has 1 aromatic carbocycles. The minimum Gasteiger partial charge on any atom is -0.496 e. The fourth-order valence-corrected chi connectivity index (χ4v) is 1.65. The molecule has 0 aromatic heterocycles. The molecule has 0 saturated carbocycles. The number of methoxy groups -OCH3 is 1. The lowest BCUT2D eigenvalue weighted by atomic mass is 10.2. The first kappa shape index (κ1) is 13.8. The maximum Gasteiger partial charge on any atom is 0.236 e. The van der Waals surface area contributed by atoms with Crippen molar-refractivity contribution in [3.63, 3.8) is 0 Å². The summed E-state index contributed by atoms with van der Waals surface area (Å²) in [7, 11) is 3.22. The summed E-state index contributed by atoms with van der Waals surface area (Å²) in [6.45, 7) is 2.33. The SMILES string of the molecule is CNC(=O)C(C)NCc1cc(Cl)ccc1OC. The largest absolute Gasteiger partial charge is 0.496 e. The van der Waals surface area contributed by atoms with Crippen molar-refractivity contribution < 1.29 is 9.53 Å². The lowest BCUT2D eigenvalue weighted by Crippen LogP contribution is -2.40. The fraction of sp³-hybridized carbons (Fsp3) is 0.417. The number of carbonyl (C=O) groups excluding carboxylic acids is 1. The van der Waals surface area contributed by atoms with Crippen LogP contribution in [-0.2, 0) is 11.3 Å². The topological polar surface area (TPSA) is 50.4 Å². The Labute approximate surface area is 106 Å². The van der Waals surface area contributed by atoms with Crippen LogP contribution in [0.15, 0.2) is 18.2 Å². The monoisotopic (exact) mass is 256 g/mol. The molecule has 0 bridgehead atoms. The second-order valence-corrected chi connectivity index (χ2v) is 4.11. The zero-order chi connectivity index (χ0) is 12.8. The third-order valence-corrected chi connectivity index (χ3v) is 2.72. The quantitative estimate of drug-likeness (QED) is 0.841. The van der Waals surface area contributed by atoms with E-state index in [1.807, 2.05) is 12.1 Å². The van der Waals surface area contributed by atoms with E-state index in [-0.39, 0.29) is 11.9 Å². The van der Waals surface area contributed by atoms with E-state index in [0.29, 0.717) is 11.6 Å². The summed E-state index contributed by atoms with van der Waals surface area (Å²) in [4.78, 5) is 11.3. The molecule has 0 radical (unpaired) electrons. The first-order valence-corrected chi connectivity index (χ1v) is 5.73. The van der Waals surface area contributed by atoms with E-state index >= 15 is 0 Å². The van der Waals surface area contributed by atoms with Crippen molar-refractivity contribution in [3.05, 3.63) is 28.8 Å². The van der Waals surface area contributed by atoms with Gasteiger partial charge < -0.3 is 15.4 Å². The van der Waals surface area contributed by atoms with Gasteiger partial charge in [-0.25, -0.2) is 0 Å². The maximum atomic E-state index is 11.3. The fourth-order valence-electron chi connectivity index (χ4n) is 1.46.